The molecule has 0 saturated carbocycles. The Kier molecular flexibility index (Phi) is 4.10. The molecule has 0 atom stereocenters. The topological polar surface area (TPSA) is 63.4 Å². The van der Waals surface area contributed by atoms with Gasteiger partial charge < -0.3 is 5.73 Å². The molecule has 4 nitrogen and oxygen atoms in total. The molecule has 1 heterocycles. The molecule has 8 heteroatoms. The lowest BCUT2D eigenvalue weighted by Gasteiger charge is -2.20. The second kappa shape index (κ2) is 5.32. The summed E-state index contributed by atoms with van der Waals surface area (Å²) in [7, 11) is -2.18. The second-order valence-electron chi connectivity index (χ2n) is 3.73. The first-order valence-electron chi connectivity index (χ1n) is 5.11. The van der Waals surface area contributed by atoms with Crippen LogP contribution >= 0.6 is 38.9 Å². The van der Waals surface area contributed by atoms with E-state index in [9.17, 15) is 8.42 Å². The van der Waals surface area contributed by atoms with Gasteiger partial charge in [-0.05, 0) is 46.3 Å². The van der Waals surface area contributed by atoms with Gasteiger partial charge in [-0.15, -0.1) is 11.3 Å². The molecule has 1 aromatic heterocycles. The minimum Gasteiger partial charge on any atom is -0.397 e. The molecule has 0 unspecified atom stereocenters. The number of nitrogen functional groups attached to an aromatic ring is 1. The van der Waals surface area contributed by atoms with E-state index < -0.39 is 10.0 Å². The molecule has 0 aliphatic carbocycles. The van der Waals surface area contributed by atoms with Crippen molar-refractivity contribution in [3.8, 4) is 0 Å². The minimum atomic E-state index is -3.63. The minimum absolute atomic E-state index is 0.237. The van der Waals surface area contributed by atoms with Gasteiger partial charge in [0.25, 0.3) is 10.0 Å². The summed E-state index contributed by atoms with van der Waals surface area (Å²) in [6.45, 7) is 0. The van der Waals surface area contributed by atoms with Gasteiger partial charge in [-0.3, -0.25) is 4.31 Å². The molecule has 2 rings (SSSR count). The number of hydrogen-bond acceptors (Lipinski definition) is 4. The van der Waals surface area contributed by atoms with E-state index in [4.69, 9.17) is 17.3 Å². The molecular formula is C11H10BrClN2O2S2. The van der Waals surface area contributed by atoms with Crippen molar-refractivity contribution in [2.45, 2.75) is 4.21 Å². The summed E-state index contributed by atoms with van der Waals surface area (Å²) in [5.74, 6) is 0. The van der Waals surface area contributed by atoms with Gasteiger partial charge in [0.2, 0.25) is 0 Å². The smallest absolute Gasteiger partial charge is 0.273 e. The average molecular weight is 382 g/mol. The van der Waals surface area contributed by atoms with Crippen LogP contribution in [0.2, 0.25) is 5.02 Å². The fourth-order valence-electron chi connectivity index (χ4n) is 1.49. The zero-order valence-electron chi connectivity index (χ0n) is 9.80. The van der Waals surface area contributed by atoms with Crippen LogP contribution < -0.4 is 10.0 Å². The van der Waals surface area contributed by atoms with Gasteiger partial charge in [-0.25, -0.2) is 8.42 Å². The highest BCUT2D eigenvalue weighted by Gasteiger charge is 2.24. The number of benzene rings is 1. The van der Waals surface area contributed by atoms with Crippen molar-refractivity contribution in [1.82, 2.24) is 0 Å². The molecule has 2 aromatic rings. The number of hydrogen-bond donors (Lipinski definition) is 1. The molecule has 0 aliphatic rings. The second-order valence-corrected chi connectivity index (χ2v) is 8.83. The molecule has 2 N–H and O–H groups in total. The average Bonchev–Trinajstić information content (AvgIpc) is 2.79. The van der Waals surface area contributed by atoms with Crippen molar-refractivity contribution in [3.63, 3.8) is 0 Å². The first kappa shape index (κ1) is 14.6. The predicted octanol–water partition coefficient (Wildman–Crippen LogP) is 3.57. The molecule has 0 radical (unpaired) electrons. The van der Waals surface area contributed by atoms with Crippen LogP contribution in [0.3, 0.4) is 0 Å². The van der Waals surface area contributed by atoms with E-state index in [0.29, 0.717) is 16.4 Å². The van der Waals surface area contributed by atoms with Gasteiger partial charge in [0.1, 0.15) is 4.21 Å². The fourth-order valence-corrected chi connectivity index (χ4v) is 5.05. The lowest BCUT2D eigenvalue weighted by molar-refractivity contribution is 0.596. The Hall–Kier alpha value is -0.760. The van der Waals surface area contributed by atoms with Crippen LogP contribution in [0.4, 0.5) is 11.4 Å². The van der Waals surface area contributed by atoms with Crippen LogP contribution in [-0.2, 0) is 10.0 Å². The monoisotopic (exact) mass is 380 g/mol. The Balaban J connectivity index is 2.49. The zero-order valence-corrected chi connectivity index (χ0v) is 13.8. The molecule has 0 bridgehead atoms. The number of anilines is 2. The summed E-state index contributed by atoms with van der Waals surface area (Å²) in [6, 6.07) is 7.95. The summed E-state index contributed by atoms with van der Waals surface area (Å²) in [6.07, 6.45) is 0. The number of halogens is 2. The molecule has 0 spiro atoms. The molecule has 1 aromatic carbocycles. The lowest BCUT2D eigenvalue weighted by atomic mass is 10.3. The van der Waals surface area contributed by atoms with E-state index in [2.05, 4.69) is 15.9 Å². The van der Waals surface area contributed by atoms with Crippen LogP contribution in [0, 0.1) is 0 Å². The maximum Gasteiger partial charge on any atom is 0.273 e. The molecular weight excluding hydrogens is 372 g/mol. The third-order valence-corrected chi connectivity index (χ3v) is 6.59. The van der Waals surface area contributed by atoms with Crippen molar-refractivity contribution >= 4 is 60.3 Å². The summed E-state index contributed by atoms with van der Waals surface area (Å²) in [5, 5.41) is 0.429. The molecule has 102 valence electrons. The van der Waals surface area contributed by atoms with Gasteiger partial charge in [0.05, 0.1) is 15.2 Å². The van der Waals surface area contributed by atoms with Crippen LogP contribution in [-0.4, -0.2) is 15.5 Å². The predicted molar refractivity (Wildman–Crippen MR) is 83.5 cm³/mol. The maximum atomic E-state index is 12.4. The van der Waals surface area contributed by atoms with Crippen LogP contribution in [0.5, 0.6) is 0 Å². The molecule has 19 heavy (non-hydrogen) atoms. The van der Waals surface area contributed by atoms with Gasteiger partial charge in [-0.1, -0.05) is 11.6 Å². The lowest BCUT2D eigenvalue weighted by Crippen LogP contribution is -2.26. The maximum absolute atomic E-state index is 12.4. The molecule has 0 aliphatic heterocycles. The summed E-state index contributed by atoms with van der Waals surface area (Å²) >= 11 is 10.3. The Bertz CT molecular complexity index is 715. The van der Waals surface area contributed by atoms with E-state index in [0.717, 1.165) is 19.4 Å². The Morgan fingerprint density at radius 1 is 1.32 bits per heavy atom. The van der Waals surface area contributed by atoms with Gasteiger partial charge in [-0.2, -0.15) is 0 Å². The van der Waals surface area contributed by atoms with Crippen molar-refractivity contribution < 1.29 is 8.42 Å². The largest absolute Gasteiger partial charge is 0.397 e. The van der Waals surface area contributed by atoms with Crippen LogP contribution in [0.15, 0.2) is 38.3 Å². The van der Waals surface area contributed by atoms with Gasteiger partial charge in [0, 0.05) is 12.1 Å². The SMILES string of the molecule is CN(c1cc(Cl)ccc1N)S(=O)(=O)c1ccc(Br)s1. The number of sulfonamides is 1. The van der Waals surface area contributed by atoms with Crippen molar-refractivity contribution in [3.05, 3.63) is 39.1 Å². The van der Waals surface area contributed by atoms with Crippen molar-refractivity contribution in [1.29, 1.82) is 0 Å². The number of nitrogens with two attached hydrogens (primary N) is 1. The normalized spacial score (nSPS) is 11.5. The van der Waals surface area contributed by atoms with Gasteiger partial charge in [0.15, 0.2) is 0 Å². The zero-order chi connectivity index (χ0) is 14.2. The number of nitrogens with zero attached hydrogens (tertiary/aromatic N) is 1. The van der Waals surface area contributed by atoms with E-state index in [1.165, 1.54) is 13.1 Å². The molecule has 0 fully saturated rings. The molecule has 0 amide bonds. The van der Waals surface area contributed by atoms with E-state index >= 15 is 0 Å². The Morgan fingerprint density at radius 2 is 2.00 bits per heavy atom. The fraction of sp³-hybridized carbons (Fsp3) is 0.0909. The van der Waals surface area contributed by atoms with E-state index in [1.54, 1.807) is 24.3 Å². The highest BCUT2D eigenvalue weighted by molar-refractivity contribution is 9.11. The quantitative estimate of drug-likeness (QED) is 0.827. The third kappa shape index (κ3) is 2.89. The standard InChI is InChI=1S/C11H10BrClN2O2S2/c1-15(9-6-7(13)2-3-8(9)14)19(16,17)11-5-4-10(12)18-11/h2-6H,14H2,1H3. The van der Waals surface area contributed by atoms with E-state index in [1.807, 2.05) is 0 Å². The van der Waals surface area contributed by atoms with E-state index in [-0.39, 0.29) is 4.21 Å². The number of rotatable bonds is 3. The first-order valence-corrected chi connectivity index (χ1v) is 8.54. The van der Waals surface area contributed by atoms with Crippen LogP contribution in [0.1, 0.15) is 0 Å². The Labute approximate surface area is 129 Å². The number of thiophene rings is 1. The van der Waals surface area contributed by atoms with Crippen molar-refractivity contribution in [2.24, 2.45) is 0 Å². The summed E-state index contributed by atoms with van der Waals surface area (Å²) in [5.41, 5.74) is 6.51. The molecule has 0 saturated heterocycles. The Morgan fingerprint density at radius 3 is 2.58 bits per heavy atom. The van der Waals surface area contributed by atoms with Gasteiger partial charge >= 0.3 is 0 Å². The summed E-state index contributed by atoms with van der Waals surface area (Å²) < 4.78 is 27.0. The third-order valence-electron chi connectivity index (χ3n) is 2.50. The van der Waals surface area contributed by atoms with Crippen molar-refractivity contribution in [2.75, 3.05) is 17.1 Å². The first-order chi connectivity index (χ1) is 8.82. The summed E-state index contributed by atoms with van der Waals surface area (Å²) in [4.78, 5) is 0. The highest BCUT2D eigenvalue weighted by Crippen LogP contribution is 2.33. The van der Waals surface area contributed by atoms with Crippen LogP contribution in [0.25, 0.3) is 0 Å². The highest BCUT2D eigenvalue weighted by atomic mass is 79.9.